The summed E-state index contributed by atoms with van der Waals surface area (Å²) in [6.07, 6.45) is 7.85. The smallest absolute Gasteiger partial charge is 0.232 e. The van der Waals surface area contributed by atoms with Crippen LogP contribution in [-0.2, 0) is 13.0 Å². The van der Waals surface area contributed by atoms with Gasteiger partial charge in [0.2, 0.25) is 5.78 Å². The van der Waals surface area contributed by atoms with Crippen LogP contribution in [0.5, 0.6) is 5.75 Å². The summed E-state index contributed by atoms with van der Waals surface area (Å²) in [7, 11) is 0. The summed E-state index contributed by atoms with van der Waals surface area (Å²) in [5.74, 6) is 1.12. The minimum Gasteiger partial charge on any atom is -0.452 e. The van der Waals surface area contributed by atoms with E-state index in [0.717, 1.165) is 36.4 Å². The number of likely N-dealkylation sites (tertiary alicyclic amines) is 1. The van der Waals surface area contributed by atoms with Gasteiger partial charge in [0.15, 0.2) is 5.76 Å². The van der Waals surface area contributed by atoms with Gasteiger partial charge in [-0.1, -0.05) is 36.8 Å². The molecule has 0 unspecified atom stereocenters. The number of carbonyl (C=O) groups is 1. The van der Waals surface area contributed by atoms with E-state index in [4.69, 9.17) is 4.74 Å². The van der Waals surface area contributed by atoms with Crippen LogP contribution < -0.4 is 4.74 Å². The molecule has 2 aromatic rings. The Morgan fingerprint density at radius 3 is 2.77 bits per heavy atom. The Bertz CT molecular complexity index is 1040. The lowest BCUT2D eigenvalue weighted by Gasteiger charge is -2.26. The van der Waals surface area contributed by atoms with Gasteiger partial charge in [0.05, 0.1) is 17.8 Å². The number of nitrogens with zero attached hydrogens (tertiary/aromatic N) is 2. The van der Waals surface area contributed by atoms with Crippen LogP contribution in [0, 0.1) is 6.92 Å². The number of allylic oxidation sites excluding steroid dienone is 2. The zero-order valence-electron chi connectivity index (χ0n) is 17.6. The minimum absolute atomic E-state index is 0.0330. The van der Waals surface area contributed by atoms with Crippen LogP contribution in [0.4, 0.5) is 0 Å². The van der Waals surface area contributed by atoms with Gasteiger partial charge in [-0.3, -0.25) is 9.79 Å². The highest BCUT2D eigenvalue weighted by Gasteiger charge is 2.31. The average Bonchev–Trinajstić information content (AvgIpc) is 3.32. The lowest BCUT2D eigenvalue weighted by atomic mass is 9.97. The van der Waals surface area contributed by atoms with Gasteiger partial charge >= 0.3 is 0 Å². The van der Waals surface area contributed by atoms with E-state index in [0.29, 0.717) is 17.9 Å². The van der Waals surface area contributed by atoms with Crippen LogP contribution in [0.25, 0.3) is 0 Å². The zero-order chi connectivity index (χ0) is 20.5. The number of piperidine rings is 1. The molecule has 0 spiro atoms. The SMILES string of the molecule is Cc1ccc2c(c1CCCN1CCCCC1)O/C(=C\C1=NCc3ccccc31)C2=O. The molecule has 1 saturated heterocycles. The predicted octanol–water partition coefficient (Wildman–Crippen LogP) is 4.88. The summed E-state index contributed by atoms with van der Waals surface area (Å²) >= 11 is 0. The number of rotatable bonds is 5. The predicted molar refractivity (Wildman–Crippen MR) is 120 cm³/mol. The van der Waals surface area contributed by atoms with Gasteiger partial charge in [-0.25, -0.2) is 0 Å². The van der Waals surface area contributed by atoms with Crippen molar-refractivity contribution in [2.45, 2.75) is 45.6 Å². The average molecular weight is 401 g/mol. The molecule has 0 amide bonds. The number of hydrogen-bond acceptors (Lipinski definition) is 4. The molecule has 1 fully saturated rings. The molecular weight excluding hydrogens is 372 g/mol. The molecule has 3 aliphatic rings. The molecule has 0 saturated carbocycles. The number of Topliss-reactive ketones (excluding diaryl/α,β-unsaturated/α-hetero) is 1. The summed E-state index contributed by atoms with van der Waals surface area (Å²) < 4.78 is 6.17. The Morgan fingerprint density at radius 1 is 1.07 bits per heavy atom. The largest absolute Gasteiger partial charge is 0.452 e. The lowest BCUT2D eigenvalue weighted by molar-refractivity contribution is 0.101. The second-order valence-electron chi connectivity index (χ2n) is 8.54. The van der Waals surface area contributed by atoms with Gasteiger partial charge in [-0.05, 0) is 75.0 Å². The van der Waals surface area contributed by atoms with Gasteiger partial charge in [0.1, 0.15) is 5.75 Å². The van der Waals surface area contributed by atoms with Crippen molar-refractivity contribution in [3.8, 4) is 5.75 Å². The number of benzene rings is 2. The first-order chi connectivity index (χ1) is 14.7. The maximum atomic E-state index is 13.0. The molecule has 0 atom stereocenters. The van der Waals surface area contributed by atoms with Crippen molar-refractivity contribution < 1.29 is 9.53 Å². The van der Waals surface area contributed by atoms with E-state index in [9.17, 15) is 4.79 Å². The molecule has 0 N–H and O–H groups in total. The standard InChI is InChI=1S/C26H28N2O2/c1-18-11-12-22-25(29)24(16-23-21-9-4-3-8-19(21)17-27-23)30-26(22)20(18)10-7-15-28-13-5-2-6-14-28/h3-4,8-9,11-12,16H,2,5-7,10,13-15,17H2,1H3/b24-16-. The molecule has 0 bridgehead atoms. The molecule has 30 heavy (non-hydrogen) atoms. The molecule has 4 heteroatoms. The normalized spacial score (nSPS) is 19.6. The number of ether oxygens (including phenoxy) is 1. The monoisotopic (exact) mass is 400 g/mol. The molecule has 4 nitrogen and oxygen atoms in total. The van der Waals surface area contributed by atoms with E-state index in [1.165, 1.54) is 49.0 Å². The summed E-state index contributed by atoms with van der Waals surface area (Å²) in [6.45, 7) is 6.34. The molecule has 5 rings (SSSR count). The van der Waals surface area contributed by atoms with Gasteiger partial charge in [0.25, 0.3) is 0 Å². The number of aliphatic imine (C=N–C) groups is 1. The third-order valence-electron chi connectivity index (χ3n) is 6.51. The maximum absolute atomic E-state index is 13.0. The maximum Gasteiger partial charge on any atom is 0.232 e. The molecule has 3 aliphatic heterocycles. The molecule has 0 radical (unpaired) electrons. The Kier molecular flexibility index (Phi) is 5.26. The van der Waals surface area contributed by atoms with Gasteiger partial charge in [-0.15, -0.1) is 0 Å². The highest BCUT2D eigenvalue weighted by atomic mass is 16.5. The number of hydrogen-bond donors (Lipinski definition) is 0. The Morgan fingerprint density at radius 2 is 1.90 bits per heavy atom. The highest BCUT2D eigenvalue weighted by molar-refractivity contribution is 6.19. The van der Waals surface area contributed by atoms with Crippen LogP contribution in [0.1, 0.15) is 58.3 Å². The number of ketones is 1. The van der Waals surface area contributed by atoms with Gasteiger partial charge in [-0.2, -0.15) is 0 Å². The second kappa shape index (κ2) is 8.19. The molecular formula is C26H28N2O2. The Hall–Kier alpha value is -2.72. The fourth-order valence-corrected chi connectivity index (χ4v) is 4.79. The fourth-order valence-electron chi connectivity index (χ4n) is 4.79. The van der Waals surface area contributed by atoms with Crippen molar-refractivity contribution >= 4 is 11.5 Å². The minimum atomic E-state index is -0.0330. The zero-order valence-corrected chi connectivity index (χ0v) is 17.6. The number of fused-ring (bicyclic) bond motifs is 2. The van der Waals surface area contributed by atoms with E-state index in [-0.39, 0.29) is 5.78 Å². The quantitative estimate of drug-likeness (QED) is 0.672. The van der Waals surface area contributed by atoms with E-state index < -0.39 is 0 Å². The Labute approximate surface area is 178 Å². The van der Waals surface area contributed by atoms with Crippen molar-refractivity contribution in [3.63, 3.8) is 0 Å². The molecule has 2 aromatic carbocycles. The van der Waals surface area contributed by atoms with Crippen molar-refractivity contribution in [2.75, 3.05) is 19.6 Å². The Balaban J connectivity index is 1.35. The van der Waals surface area contributed by atoms with Crippen molar-refractivity contribution in [3.05, 3.63) is 76.1 Å². The molecule has 0 aromatic heterocycles. The molecule has 3 heterocycles. The van der Waals surface area contributed by atoms with Crippen LogP contribution in [0.15, 0.2) is 53.2 Å². The van der Waals surface area contributed by atoms with Crippen molar-refractivity contribution in [2.24, 2.45) is 4.99 Å². The first-order valence-corrected chi connectivity index (χ1v) is 11.1. The fraction of sp³-hybridized carbons (Fsp3) is 0.385. The van der Waals surface area contributed by atoms with Gasteiger partial charge < -0.3 is 9.64 Å². The number of aryl methyl sites for hydroxylation is 1. The van der Waals surface area contributed by atoms with Gasteiger partial charge in [0, 0.05) is 11.6 Å². The van der Waals surface area contributed by atoms with Crippen LogP contribution in [0.3, 0.4) is 0 Å². The van der Waals surface area contributed by atoms with Crippen molar-refractivity contribution in [1.29, 1.82) is 0 Å². The first kappa shape index (κ1) is 19.3. The summed E-state index contributed by atoms with van der Waals surface area (Å²) in [5.41, 5.74) is 6.19. The van der Waals surface area contributed by atoms with Crippen LogP contribution in [-0.4, -0.2) is 36.0 Å². The van der Waals surface area contributed by atoms with E-state index >= 15 is 0 Å². The third-order valence-corrected chi connectivity index (χ3v) is 6.51. The molecule has 154 valence electrons. The topological polar surface area (TPSA) is 41.9 Å². The summed E-state index contributed by atoms with van der Waals surface area (Å²) in [5, 5.41) is 0. The third kappa shape index (κ3) is 3.61. The van der Waals surface area contributed by atoms with E-state index in [1.807, 2.05) is 24.3 Å². The first-order valence-electron chi connectivity index (χ1n) is 11.1. The van der Waals surface area contributed by atoms with Crippen LogP contribution >= 0.6 is 0 Å². The highest BCUT2D eigenvalue weighted by Crippen LogP contribution is 2.37. The summed E-state index contributed by atoms with van der Waals surface area (Å²) in [4.78, 5) is 20.2. The van der Waals surface area contributed by atoms with Crippen molar-refractivity contribution in [1.82, 2.24) is 4.90 Å². The molecule has 0 aliphatic carbocycles. The number of carbonyl (C=O) groups excluding carboxylic acids is 1. The lowest BCUT2D eigenvalue weighted by Crippen LogP contribution is -2.30. The van der Waals surface area contributed by atoms with E-state index in [1.54, 1.807) is 0 Å². The van der Waals surface area contributed by atoms with E-state index in [2.05, 4.69) is 35.0 Å². The summed E-state index contributed by atoms with van der Waals surface area (Å²) in [6, 6.07) is 12.1. The second-order valence-corrected chi connectivity index (χ2v) is 8.54. The van der Waals surface area contributed by atoms with Crippen LogP contribution in [0.2, 0.25) is 0 Å².